The number of carbonyl (C=O) groups is 3. The zero-order valence-corrected chi connectivity index (χ0v) is 45.0. The largest absolute Gasteiger partial charge is 0.462 e. The van der Waals surface area contributed by atoms with Gasteiger partial charge in [-0.3, -0.25) is 14.4 Å². The molecule has 0 heterocycles. The highest BCUT2D eigenvalue weighted by Gasteiger charge is 2.19. The van der Waals surface area contributed by atoms with E-state index in [2.05, 4.69) is 45.1 Å². The Labute approximate surface area is 426 Å². The maximum absolute atomic E-state index is 12.9. The highest BCUT2D eigenvalue weighted by Crippen LogP contribution is 2.16. The first-order valence-electron chi connectivity index (χ1n) is 28.8. The second kappa shape index (κ2) is 56.9. The van der Waals surface area contributed by atoms with Crippen molar-refractivity contribution < 1.29 is 28.6 Å². The molecule has 0 aliphatic carbocycles. The Balaban J connectivity index is 4.47. The van der Waals surface area contributed by atoms with Gasteiger partial charge < -0.3 is 14.2 Å². The molecular formula is C63H106O6. The molecule has 0 N–H and O–H groups in total. The van der Waals surface area contributed by atoms with Crippen LogP contribution in [0.2, 0.25) is 0 Å². The van der Waals surface area contributed by atoms with Gasteiger partial charge in [-0.05, 0) is 64.2 Å². The fourth-order valence-corrected chi connectivity index (χ4v) is 7.95. The fourth-order valence-electron chi connectivity index (χ4n) is 7.95. The molecule has 0 aromatic heterocycles. The second-order valence-corrected chi connectivity index (χ2v) is 19.0. The molecule has 0 aromatic rings. The van der Waals surface area contributed by atoms with Gasteiger partial charge in [-0.2, -0.15) is 0 Å². The maximum atomic E-state index is 12.9. The van der Waals surface area contributed by atoms with Crippen molar-refractivity contribution in [1.29, 1.82) is 0 Å². The number of hydrogen-bond donors (Lipinski definition) is 0. The minimum absolute atomic E-state index is 0.0991. The van der Waals surface area contributed by atoms with E-state index in [1.807, 2.05) is 72.9 Å². The number of unbranched alkanes of at least 4 members (excludes halogenated alkanes) is 30. The molecule has 1 atom stereocenters. The Morgan fingerprint density at radius 2 is 0.580 bits per heavy atom. The molecule has 0 bridgehead atoms. The summed E-state index contributed by atoms with van der Waals surface area (Å²) in [5.74, 6) is -0.953. The Hall–Kier alpha value is -3.67. The smallest absolute Gasteiger partial charge is 0.306 e. The van der Waals surface area contributed by atoms with Gasteiger partial charge in [-0.25, -0.2) is 0 Å². The predicted octanol–water partition coefficient (Wildman–Crippen LogP) is 19.3. The van der Waals surface area contributed by atoms with Crippen molar-refractivity contribution in [3.63, 3.8) is 0 Å². The van der Waals surface area contributed by atoms with Gasteiger partial charge in [0.25, 0.3) is 0 Å². The van der Waals surface area contributed by atoms with Crippen LogP contribution in [-0.4, -0.2) is 37.2 Å². The van der Waals surface area contributed by atoms with Crippen molar-refractivity contribution in [1.82, 2.24) is 0 Å². The summed E-state index contributed by atoms with van der Waals surface area (Å²) in [6.07, 6.45) is 75.4. The molecule has 394 valence electrons. The monoisotopic (exact) mass is 959 g/mol. The molecule has 0 saturated carbocycles. The number of allylic oxidation sites excluding steroid dienone is 16. The van der Waals surface area contributed by atoms with Crippen molar-refractivity contribution in [2.45, 2.75) is 271 Å². The molecule has 6 heteroatoms. The topological polar surface area (TPSA) is 78.9 Å². The van der Waals surface area contributed by atoms with Crippen LogP contribution in [0.25, 0.3) is 0 Å². The van der Waals surface area contributed by atoms with Gasteiger partial charge in [-0.1, -0.05) is 279 Å². The molecular weight excluding hydrogens is 853 g/mol. The summed E-state index contributed by atoms with van der Waals surface area (Å²) in [6.45, 7) is 6.45. The molecule has 0 radical (unpaired) electrons. The van der Waals surface area contributed by atoms with Crippen molar-refractivity contribution in [2.24, 2.45) is 0 Å². The van der Waals surface area contributed by atoms with Crippen molar-refractivity contribution >= 4 is 17.9 Å². The standard InChI is InChI=1S/C63H106O6/c1-4-7-10-13-16-19-22-25-27-29-31-33-35-38-41-44-47-50-53-56-62(65)68-59-60(58-67-61(64)55-52-49-46-43-40-37-24-21-18-15-12-9-6-3)69-63(66)57-54-51-48-45-42-39-36-34-32-30-28-26-23-20-17-14-11-8-5-2/h7,10,13,16,19,22,25,27,29,31,33,35,37-38,40-41,60H,4-6,8-9,11-12,14-15,17-18,20-21,23-24,26,28,30,32,34,36,39,42-59H2,1-3H3/b10-7-,16-13-,22-19-,27-25-,31-29+,35-33-,40-37-,41-38-. The molecule has 1 unspecified atom stereocenters. The molecule has 6 nitrogen and oxygen atoms in total. The Kier molecular flexibility index (Phi) is 53.9. The van der Waals surface area contributed by atoms with E-state index in [0.29, 0.717) is 19.3 Å². The summed E-state index contributed by atoms with van der Waals surface area (Å²) in [5, 5.41) is 0. The van der Waals surface area contributed by atoms with Gasteiger partial charge in [0.1, 0.15) is 13.2 Å². The first kappa shape index (κ1) is 65.3. The zero-order chi connectivity index (χ0) is 50.0. The van der Waals surface area contributed by atoms with Crippen molar-refractivity contribution in [3.8, 4) is 0 Å². The number of carbonyl (C=O) groups excluding carboxylic acids is 3. The lowest BCUT2D eigenvalue weighted by Crippen LogP contribution is -2.30. The van der Waals surface area contributed by atoms with Crippen LogP contribution in [-0.2, 0) is 28.6 Å². The van der Waals surface area contributed by atoms with Gasteiger partial charge in [0.2, 0.25) is 0 Å². The van der Waals surface area contributed by atoms with Gasteiger partial charge in [-0.15, -0.1) is 0 Å². The molecule has 0 saturated heterocycles. The van der Waals surface area contributed by atoms with E-state index in [1.165, 1.54) is 141 Å². The van der Waals surface area contributed by atoms with E-state index in [-0.39, 0.29) is 31.1 Å². The minimum Gasteiger partial charge on any atom is -0.462 e. The van der Waals surface area contributed by atoms with E-state index in [0.717, 1.165) is 83.5 Å². The molecule has 69 heavy (non-hydrogen) atoms. The lowest BCUT2D eigenvalue weighted by atomic mass is 10.0. The van der Waals surface area contributed by atoms with E-state index >= 15 is 0 Å². The summed E-state index contributed by atoms with van der Waals surface area (Å²) in [7, 11) is 0. The van der Waals surface area contributed by atoms with E-state index < -0.39 is 6.10 Å². The highest BCUT2D eigenvalue weighted by atomic mass is 16.6. The third-order valence-electron chi connectivity index (χ3n) is 12.3. The second-order valence-electron chi connectivity index (χ2n) is 19.0. The van der Waals surface area contributed by atoms with Crippen molar-refractivity contribution in [2.75, 3.05) is 13.2 Å². The van der Waals surface area contributed by atoms with Crippen LogP contribution in [0.3, 0.4) is 0 Å². The Morgan fingerprint density at radius 1 is 0.304 bits per heavy atom. The summed E-state index contributed by atoms with van der Waals surface area (Å²) < 4.78 is 16.8. The van der Waals surface area contributed by atoms with E-state index in [4.69, 9.17) is 14.2 Å². The van der Waals surface area contributed by atoms with Crippen LogP contribution in [0.5, 0.6) is 0 Å². The fraction of sp³-hybridized carbons (Fsp3) is 0.698. The van der Waals surface area contributed by atoms with Crippen LogP contribution in [0, 0.1) is 0 Å². The summed E-state index contributed by atoms with van der Waals surface area (Å²) in [4.78, 5) is 38.1. The normalized spacial score (nSPS) is 12.8. The number of hydrogen-bond acceptors (Lipinski definition) is 6. The number of esters is 3. The predicted molar refractivity (Wildman–Crippen MR) is 297 cm³/mol. The minimum atomic E-state index is -0.802. The lowest BCUT2D eigenvalue weighted by molar-refractivity contribution is -0.167. The Bertz CT molecular complexity index is 1380. The molecule has 0 amide bonds. The Morgan fingerprint density at radius 3 is 0.942 bits per heavy atom. The van der Waals surface area contributed by atoms with Crippen LogP contribution in [0.15, 0.2) is 97.2 Å². The summed E-state index contributed by atoms with van der Waals surface area (Å²) >= 11 is 0. The van der Waals surface area contributed by atoms with Gasteiger partial charge in [0.05, 0.1) is 0 Å². The maximum Gasteiger partial charge on any atom is 0.306 e. The van der Waals surface area contributed by atoms with Gasteiger partial charge in [0, 0.05) is 19.3 Å². The van der Waals surface area contributed by atoms with Gasteiger partial charge in [0.15, 0.2) is 6.10 Å². The van der Waals surface area contributed by atoms with Gasteiger partial charge >= 0.3 is 17.9 Å². The summed E-state index contributed by atoms with van der Waals surface area (Å²) in [5.41, 5.74) is 0. The summed E-state index contributed by atoms with van der Waals surface area (Å²) in [6, 6.07) is 0. The van der Waals surface area contributed by atoms with Crippen LogP contribution < -0.4 is 0 Å². The zero-order valence-electron chi connectivity index (χ0n) is 45.0. The first-order valence-corrected chi connectivity index (χ1v) is 28.8. The first-order chi connectivity index (χ1) is 34.0. The van der Waals surface area contributed by atoms with Crippen LogP contribution >= 0.6 is 0 Å². The highest BCUT2D eigenvalue weighted by molar-refractivity contribution is 5.71. The molecule has 0 fully saturated rings. The molecule has 0 spiro atoms. The quantitative estimate of drug-likeness (QED) is 0.0199. The van der Waals surface area contributed by atoms with Crippen LogP contribution in [0.4, 0.5) is 0 Å². The molecule has 0 aromatic carbocycles. The van der Waals surface area contributed by atoms with Crippen molar-refractivity contribution in [3.05, 3.63) is 97.2 Å². The van der Waals surface area contributed by atoms with E-state index in [9.17, 15) is 14.4 Å². The number of ether oxygens (including phenoxy) is 3. The third kappa shape index (κ3) is 55.1. The average molecular weight is 960 g/mol. The molecule has 0 aliphatic heterocycles. The molecule has 0 rings (SSSR count). The average Bonchev–Trinajstić information content (AvgIpc) is 3.35. The van der Waals surface area contributed by atoms with E-state index in [1.54, 1.807) is 0 Å². The number of rotatable bonds is 51. The van der Waals surface area contributed by atoms with Crippen LogP contribution in [0.1, 0.15) is 265 Å². The molecule has 0 aliphatic rings. The third-order valence-corrected chi connectivity index (χ3v) is 12.3. The lowest BCUT2D eigenvalue weighted by Gasteiger charge is -2.18. The SMILES string of the molecule is CC\C=C/C=C\C=C/C=C\C=C\C=C/C=C\CCCCCC(=O)OCC(COC(=O)CCCCC/C=C\CCCCCCCC)OC(=O)CCCCCCCCCCCCCCCCCCCCC.